The molecule has 5 rings (SSSR count). The molecule has 30 heavy (non-hydrogen) atoms. The molecule has 0 radical (unpaired) electrons. The number of nitrogens with one attached hydrogen (secondary N) is 1. The van der Waals surface area contributed by atoms with Crippen LogP contribution in [0.3, 0.4) is 0 Å². The van der Waals surface area contributed by atoms with Crippen LogP contribution in [0.15, 0.2) is 47.8 Å². The van der Waals surface area contributed by atoms with Crippen molar-refractivity contribution in [3.63, 3.8) is 0 Å². The largest absolute Gasteiger partial charge is 0.318 e. The molecule has 0 aliphatic rings. The number of aryl methyl sites for hydroxylation is 2. The molecule has 1 aromatic carbocycles. The lowest BCUT2D eigenvalue weighted by atomic mass is 10.2. The lowest BCUT2D eigenvalue weighted by Crippen LogP contribution is -2.12. The molecule has 0 amide bonds. The Bertz CT molecular complexity index is 1490. The van der Waals surface area contributed by atoms with Gasteiger partial charge in [-0.05, 0) is 19.1 Å². The van der Waals surface area contributed by atoms with Crippen LogP contribution in [0, 0.1) is 6.92 Å². The maximum absolute atomic E-state index is 12.2. The molecule has 11 heteroatoms. The van der Waals surface area contributed by atoms with Crippen LogP contribution in [0.25, 0.3) is 27.9 Å². The first kappa shape index (κ1) is 18.1. The van der Waals surface area contributed by atoms with E-state index < -0.39 is 5.56 Å². The lowest BCUT2D eigenvalue weighted by Gasteiger charge is -2.08. The highest BCUT2D eigenvalue weighted by molar-refractivity contribution is 6.35. The maximum Gasteiger partial charge on any atom is 0.295 e. The minimum atomic E-state index is -0.481. The average Bonchev–Trinajstić information content (AvgIpc) is 3.24. The minimum absolute atomic E-state index is 0.148. The Labute approximate surface area is 174 Å². The second-order valence-corrected chi connectivity index (χ2v) is 7.00. The molecule has 0 aliphatic heterocycles. The predicted octanol–water partition coefficient (Wildman–Crippen LogP) is 2.53. The molecule has 0 fully saturated rings. The number of para-hydroxylation sites is 1. The molecule has 0 bridgehead atoms. The van der Waals surface area contributed by atoms with Crippen molar-refractivity contribution in [2.45, 2.75) is 6.92 Å². The normalized spacial score (nSPS) is 11.3. The molecule has 4 aromatic heterocycles. The van der Waals surface area contributed by atoms with Gasteiger partial charge in [-0.1, -0.05) is 17.7 Å². The summed E-state index contributed by atoms with van der Waals surface area (Å²) in [4.78, 5) is 29.3. The van der Waals surface area contributed by atoms with Crippen LogP contribution >= 0.6 is 11.6 Å². The van der Waals surface area contributed by atoms with E-state index in [1.54, 1.807) is 10.7 Å². The SMILES string of the molecule is Cc1nn(C)cc1-c1nc2c3cccc(Cl)c3nc(Nc3cnccnc3=O)n2n1. The smallest absolute Gasteiger partial charge is 0.295 e. The van der Waals surface area contributed by atoms with Crippen molar-refractivity contribution in [2.24, 2.45) is 7.05 Å². The van der Waals surface area contributed by atoms with Crippen molar-refractivity contribution in [3.8, 4) is 11.4 Å². The fraction of sp³-hybridized carbons (Fsp3) is 0.105. The van der Waals surface area contributed by atoms with Crippen molar-refractivity contribution < 1.29 is 0 Å². The number of nitrogens with zero attached hydrogens (tertiary/aromatic N) is 8. The van der Waals surface area contributed by atoms with Crippen molar-refractivity contribution >= 4 is 39.8 Å². The fourth-order valence-corrected chi connectivity index (χ4v) is 3.42. The van der Waals surface area contributed by atoms with Crippen LogP contribution in [0.5, 0.6) is 0 Å². The van der Waals surface area contributed by atoms with E-state index in [2.05, 4.69) is 30.5 Å². The van der Waals surface area contributed by atoms with Crippen LogP contribution in [-0.2, 0) is 7.05 Å². The number of aromatic nitrogens is 8. The summed E-state index contributed by atoms with van der Waals surface area (Å²) >= 11 is 6.39. The van der Waals surface area contributed by atoms with Gasteiger partial charge in [-0.15, -0.1) is 5.10 Å². The summed E-state index contributed by atoms with van der Waals surface area (Å²) < 4.78 is 3.24. The first-order valence-corrected chi connectivity index (χ1v) is 9.32. The van der Waals surface area contributed by atoms with E-state index in [1.165, 1.54) is 23.1 Å². The molecule has 0 atom stereocenters. The van der Waals surface area contributed by atoms with Gasteiger partial charge < -0.3 is 5.32 Å². The Morgan fingerprint density at radius 2 is 2.00 bits per heavy atom. The van der Waals surface area contributed by atoms with E-state index in [4.69, 9.17) is 16.6 Å². The summed E-state index contributed by atoms with van der Waals surface area (Å²) in [6.07, 6.45) is 5.97. The summed E-state index contributed by atoms with van der Waals surface area (Å²) in [5.74, 6) is 0.743. The zero-order valence-electron chi connectivity index (χ0n) is 15.9. The van der Waals surface area contributed by atoms with Gasteiger partial charge in [0.2, 0.25) is 5.95 Å². The lowest BCUT2D eigenvalue weighted by molar-refractivity contribution is 0.756. The third-order valence-corrected chi connectivity index (χ3v) is 4.84. The second-order valence-electron chi connectivity index (χ2n) is 6.59. The third-order valence-electron chi connectivity index (χ3n) is 4.53. The number of fused-ring (bicyclic) bond motifs is 3. The van der Waals surface area contributed by atoms with Crippen LogP contribution in [0.1, 0.15) is 5.69 Å². The maximum atomic E-state index is 12.2. The quantitative estimate of drug-likeness (QED) is 0.474. The Morgan fingerprint density at radius 3 is 2.80 bits per heavy atom. The second kappa shape index (κ2) is 6.85. The van der Waals surface area contributed by atoms with Crippen LogP contribution < -0.4 is 10.9 Å². The number of rotatable bonds is 3. The van der Waals surface area contributed by atoms with E-state index in [0.717, 1.165) is 16.6 Å². The van der Waals surface area contributed by atoms with Gasteiger partial charge >= 0.3 is 0 Å². The van der Waals surface area contributed by atoms with Crippen LogP contribution in [0.4, 0.5) is 11.6 Å². The highest BCUT2D eigenvalue weighted by Crippen LogP contribution is 2.29. The first-order valence-electron chi connectivity index (χ1n) is 8.94. The highest BCUT2D eigenvalue weighted by Gasteiger charge is 2.18. The Hall–Kier alpha value is -3.92. The van der Waals surface area contributed by atoms with Gasteiger partial charge in [-0.2, -0.15) is 9.61 Å². The average molecular weight is 420 g/mol. The van der Waals surface area contributed by atoms with Crippen molar-refractivity contribution in [2.75, 3.05) is 5.32 Å². The highest BCUT2D eigenvalue weighted by atomic mass is 35.5. The Balaban J connectivity index is 1.80. The third kappa shape index (κ3) is 2.94. The van der Waals surface area contributed by atoms with Gasteiger partial charge in [-0.25, -0.2) is 15.0 Å². The molecule has 0 spiro atoms. The summed E-state index contributed by atoms with van der Waals surface area (Å²) in [6.45, 7) is 1.89. The molecule has 0 unspecified atom stereocenters. The number of hydrogen-bond donors (Lipinski definition) is 1. The van der Waals surface area contributed by atoms with Crippen LogP contribution in [-0.4, -0.2) is 39.3 Å². The molecular weight excluding hydrogens is 406 g/mol. The number of anilines is 2. The standard InChI is InChI=1S/C19H14ClN9O/c1-10-12(9-28(2)26-10)16-25-17-11-4-3-5-13(20)15(11)24-19(29(17)27-16)23-14-8-21-6-7-22-18(14)30/h3-9H,1-2H3,(H,22,23,24,30). The zero-order chi connectivity index (χ0) is 20.8. The zero-order valence-corrected chi connectivity index (χ0v) is 16.7. The van der Waals surface area contributed by atoms with Crippen molar-refractivity contribution in [3.05, 3.63) is 64.1 Å². The molecule has 10 nitrogen and oxygen atoms in total. The van der Waals surface area contributed by atoms with Gasteiger partial charge in [0.05, 0.1) is 28.0 Å². The summed E-state index contributed by atoms with van der Waals surface area (Å²) in [6, 6.07) is 5.43. The van der Waals surface area contributed by atoms with Gasteiger partial charge in [0, 0.05) is 31.0 Å². The number of hydrogen-bond acceptors (Lipinski definition) is 8. The number of benzene rings is 1. The van der Waals surface area contributed by atoms with Gasteiger partial charge in [0.15, 0.2) is 11.5 Å². The topological polar surface area (TPSA) is 116 Å². The Morgan fingerprint density at radius 1 is 1.13 bits per heavy atom. The molecule has 148 valence electrons. The minimum Gasteiger partial charge on any atom is -0.318 e. The molecular formula is C19H14ClN9O. The van der Waals surface area contributed by atoms with Crippen molar-refractivity contribution in [1.29, 1.82) is 0 Å². The monoisotopic (exact) mass is 419 g/mol. The first-order chi connectivity index (χ1) is 14.5. The van der Waals surface area contributed by atoms with Crippen LogP contribution in [0.2, 0.25) is 5.02 Å². The summed E-state index contributed by atoms with van der Waals surface area (Å²) in [7, 11) is 1.83. The molecule has 0 aliphatic carbocycles. The molecule has 5 aromatic rings. The molecule has 0 saturated heterocycles. The fourth-order valence-electron chi connectivity index (χ4n) is 3.20. The van der Waals surface area contributed by atoms with Crippen molar-refractivity contribution in [1.82, 2.24) is 39.3 Å². The van der Waals surface area contributed by atoms with E-state index in [-0.39, 0.29) is 11.6 Å². The predicted molar refractivity (Wildman–Crippen MR) is 112 cm³/mol. The van der Waals surface area contributed by atoms with E-state index in [1.807, 2.05) is 32.3 Å². The summed E-state index contributed by atoms with van der Waals surface area (Å²) in [5, 5.41) is 13.1. The van der Waals surface area contributed by atoms with E-state index in [9.17, 15) is 4.79 Å². The van der Waals surface area contributed by atoms with Gasteiger partial charge in [0.1, 0.15) is 5.69 Å². The molecule has 0 saturated carbocycles. The summed E-state index contributed by atoms with van der Waals surface area (Å²) in [5.41, 5.74) is 2.33. The molecule has 4 heterocycles. The van der Waals surface area contributed by atoms with E-state index >= 15 is 0 Å². The number of halogens is 1. The van der Waals surface area contributed by atoms with E-state index in [0.29, 0.717) is 22.0 Å². The van der Waals surface area contributed by atoms with Gasteiger partial charge in [0.25, 0.3) is 5.56 Å². The molecule has 1 N–H and O–H groups in total. The van der Waals surface area contributed by atoms with Gasteiger partial charge in [-0.3, -0.25) is 14.5 Å². The Kier molecular flexibility index (Phi) is 4.14.